The van der Waals surface area contributed by atoms with E-state index in [0.29, 0.717) is 12.1 Å². The first-order valence-corrected chi connectivity index (χ1v) is 15.4. The van der Waals surface area contributed by atoms with Gasteiger partial charge in [-0.2, -0.15) is 0 Å². The van der Waals surface area contributed by atoms with Crippen LogP contribution in [0.5, 0.6) is 0 Å². The summed E-state index contributed by atoms with van der Waals surface area (Å²) >= 11 is 0. The van der Waals surface area contributed by atoms with Crippen molar-refractivity contribution in [3.05, 3.63) is 93.6 Å². The summed E-state index contributed by atoms with van der Waals surface area (Å²) in [5, 5.41) is 0. The van der Waals surface area contributed by atoms with Gasteiger partial charge in [0, 0.05) is 20.5 Å². The first-order valence-electron chi connectivity index (χ1n) is 15.4. The Morgan fingerprint density at radius 1 is 1.00 bits per heavy atom. The molecule has 0 aliphatic carbocycles. The van der Waals surface area contributed by atoms with Crippen LogP contribution in [0.3, 0.4) is 0 Å². The molecule has 42 heavy (non-hydrogen) atoms. The molecule has 0 aliphatic rings. The molecule has 1 aromatic heterocycles. The van der Waals surface area contributed by atoms with Gasteiger partial charge in [-0.1, -0.05) is 108 Å². The summed E-state index contributed by atoms with van der Waals surface area (Å²) < 4.78 is 1.93. The predicted molar refractivity (Wildman–Crippen MR) is 183 cm³/mol. The zero-order valence-electron chi connectivity index (χ0n) is 30.0. The van der Waals surface area contributed by atoms with Crippen molar-refractivity contribution in [1.29, 1.82) is 0 Å². The maximum Gasteiger partial charge on any atom is 0.295 e. The van der Waals surface area contributed by atoms with Gasteiger partial charge >= 0.3 is 0 Å². The van der Waals surface area contributed by atoms with Crippen LogP contribution < -0.4 is 4.57 Å². The molecule has 0 unspecified atom stereocenters. The largest absolute Gasteiger partial charge is 0.342 e. The standard InChI is InChI=1S/C14H22.C13H22.C11H18N3O/c1-6-7-12-10-11(2)8-9-13(12)14(3,4)5;1-10(2)8-9-11(3)12(4)13(5,6)7;1-6-13(4)11(15)10-7-12-9(3)14(5)8(10)2/h8-10H,6-7H2,1-5H3;8-9H,4H2,1-3,5-7H3;7H,6H2,1-5H3/q;;+1/b;11-9-;. The minimum Gasteiger partial charge on any atom is -0.342 e. The van der Waals surface area contributed by atoms with Gasteiger partial charge in [-0.15, -0.1) is 0 Å². The number of hydrogen-bond acceptors (Lipinski definition) is 2. The Morgan fingerprint density at radius 2 is 1.57 bits per heavy atom. The van der Waals surface area contributed by atoms with Crippen LogP contribution in [0.4, 0.5) is 0 Å². The summed E-state index contributed by atoms with van der Waals surface area (Å²) in [6.45, 7) is 34.8. The summed E-state index contributed by atoms with van der Waals surface area (Å²) in [7, 11) is 3.71. The summed E-state index contributed by atoms with van der Waals surface area (Å²) in [6, 6.07) is 6.85. The fourth-order valence-corrected chi connectivity index (χ4v) is 4.23. The van der Waals surface area contributed by atoms with Crippen LogP contribution in [-0.2, 0) is 18.9 Å². The molecular weight excluding hydrogens is 514 g/mol. The number of rotatable bonds is 6. The van der Waals surface area contributed by atoms with Crippen LogP contribution in [0.1, 0.15) is 121 Å². The highest BCUT2D eigenvalue weighted by molar-refractivity contribution is 5.94. The molecule has 0 spiro atoms. The third-order valence-corrected chi connectivity index (χ3v) is 7.45. The molecule has 0 N–H and O–H groups in total. The second-order valence-electron chi connectivity index (χ2n) is 13.7. The fourth-order valence-electron chi connectivity index (χ4n) is 4.23. The molecule has 0 bridgehead atoms. The van der Waals surface area contributed by atoms with Crippen molar-refractivity contribution in [2.45, 2.75) is 115 Å². The number of hydrogen-bond donors (Lipinski definition) is 0. The normalized spacial score (nSPS) is 11.5. The number of benzene rings is 1. The zero-order valence-corrected chi connectivity index (χ0v) is 30.0. The summed E-state index contributed by atoms with van der Waals surface area (Å²) in [6.07, 6.45) is 8.36. The first kappa shape index (κ1) is 39.0. The van der Waals surface area contributed by atoms with Crippen LogP contribution in [-0.4, -0.2) is 29.4 Å². The van der Waals surface area contributed by atoms with E-state index in [-0.39, 0.29) is 16.7 Å². The molecule has 1 aromatic carbocycles. The molecule has 0 radical (unpaired) electrons. The van der Waals surface area contributed by atoms with E-state index in [1.165, 1.54) is 46.3 Å². The molecule has 0 fully saturated rings. The van der Waals surface area contributed by atoms with E-state index in [9.17, 15) is 4.79 Å². The second kappa shape index (κ2) is 17.2. The fraction of sp³-hybridized carbons (Fsp3) is 0.553. The number of carbonyl (C=O) groups is 1. The lowest BCUT2D eigenvalue weighted by molar-refractivity contribution is -0.687. The van der Waals surface area contributed by atoms with E-state index >= 15 is 0 Å². The quantitative estimate of drug-likeness (QED) is 0.254. The van der Waals surface area contributed by atoms with Crippen molar-refractivity contribution in [3.8, 4) is 0 Å². The van der Waals surface area contributed by atoms with Gasteiger partial charge in [0.25, 0.3) is 11.7 Å². The average Bonchev–Trinajstić information content (AvgIpc) is 2.89. The van der Waals surface area contributed by atoms with Crippen LogP contribution in [0.2, 0.25) is 0 Å². The number of aryl methyl sites for hydroxylation is 3. The van der Waals surface area contributed by atoms with Crippen molar-refractivity contribution in [2.24, 2.45) is 12.5 Å². The van der Waals surface area contributed by atoms with Gasteiger partial charge in [0.15, 0.2) is 6.20 Å². The van der Waals surface area contributed by atoms with E-state index < -0.39 is 0 Å². The lowest BCUT2D eigenvalue weighted by Crippen LogP contribution is -2.40. The van der Waals surface area contributed by atoms with Gasteiger partial charge in [0.1, 0.15) is 11.3 Å². The molecule has 0 aliphatic heterocycles. The van der Waals surface area contributed by atoms with E-state index in [1.807, 2.05) is 32.4 Å². The Labute approximate surface area is 259 Å². The lowest BCUT2D eigenvalue weighted by Gasteiger charge is -2.23. The smallest absolute Gasteiger partial charge is 0.295 e. The number of allylic oxidation sites excluding steroid dienone is 5. The maximum absolute atomic E-state index is 11.9. The Bertz CT molecular complexity index is 1250. The summed E-state index contributed by atoms with van der Waals surface area (Å²) in [5.41, 5.74) is 10.3. The molecular formula is C38H62N3O+. The zero-order chi connectivity index (χ0) is 33.0. The van der Waals surface area contributed by atoms with Crippen LogP contribution >= 0.6 is 0 Å². The van der Waals surface area contributed by atoms with Gasteiger partial charge in [-0.3, -0.25) is 4.79 Å². The Balaban J connectivity index is 0.000000602. The molecule has 234 valence electrons. The Morgan fingerprint density at radius 3 is 2.02 bits per heavy atom. The first-order chi connectivity index (χ1) is 19.2. The average molecular weight is 577 g/mol. The maximum atomic E-state index is 11.9. The van der Waals surface area contributed by atoms with Crippen molar-refractivity contribution in [3.63, 3.8) is 0 Å². The molecule has 0 saturated carbocycles. The van der Waals surface area contributed by atoms with Gasteiger partial charge < -0.3 is 4.90 Å². The van der Waals surface area contributed by atoms with Crippen LogP contribution in [0.15, 0.2) is 59.8 Å². The predicted octanol–water partition coefficient (Wildman–Crippen LogP) is 9.36. The van der Waals surface area contributed by atoms with Crippen molar-refractivity contribution in [2.75, 3.05) is 13.6 Å². The molecule has 4 nitrogen and oxygen atoms in total. The molecule has 4 heteroatoms. The Kier molecular flexibility index (Phi) is 16.0. The van der Waals surface area contributed by atoms with Gasteiger partial charge in [0.2, 0.25) is 0 Å². The van der Waals surface area contributed by atoms with E-state index in [4.69, 9.17) is 0 Å². The highest BCUT2D eigenvalue weighted by Crippen LogP contribution is 2.29. The minimum atomic E-state index is 0.0260. The van der Waals surface area contributed by atoms with E-state index in [0.717, 1.165) is 11.5 Å². The highest BCUT2D eigenvalue weighted by atomic mass is 16.2. The number of aromatic nitrogens is 2. The topological polar surface area (TPSA) is 37.1 Å². The van der Waals surface area contributed by atoms with Gasteiger partial charge in [-0.25, -0.2) is 4.57 Å². The van der Waals surface area contributed by atoms with Crippen molar-refractivity contribution < 1.29 is 9.36 Å². The molecule has 0 atom stereocenters. The summed E-state index contributed by atoms with van der Waals surface area (Å²) in [4.78, 5) is 17.8. The monoisotopic (exact) mass is 576 g/mol. The molecule has 2 rings (SSSR count). The van der Waals surface area contributed by atoms with Gasteiger partial charge in [0.05, 0.1) is 7.05 Å². The molecule has 0 saturated heterocycles. The van der Waals surface area contributed by atoms with Crippen molar-refractivity contribution in [1.82, 2.24) is 9.88 Å². The van der Waals surface area contributed by atoms with Gasteiger partial charge in [-0.05, 0) is 81.1 Å². The van der Waals surface area contributed by atoms with Crippen molar-refractivity contribution >= 4 is 5.91 Å². The third-order valence-electron chi connectivity index (χ3n) is 7.45. The number of nitrogens with zero attached hydrogens (tertiary/aromatic N) is 3. The second-order valence-corrected chi connectivity index (χ2v) is 13.7. The minimum absolute atomic E-state index is 0.0260. The molecule has 2 aromatic rings. The third kappa shape index (κ3) is 12.9. The molecule has 1 amide bonds. The SMILES string of the molecule is C=C(/C(C)=C\C=C(C)C)C(C)(C)C.CCCc1cc(C)ccc1C(C)(C)C.CCN(C)C(=O)c1cnc(C)[n+](C)c1C. The van der Waals surface area contributed by atoms with E-state index in [1.54, 1.807) is 18.1 Å². The Hall–Kier alpha value is -3.01. The van der Waals surface area contributed by atoms with Crippen LogP contribution in [0.25, 0.3) is 0 Å². The summed E-state index contributed by atoms with van der Waals surface area (Å²) in [5.74, 6) is 0.932. The highest BCUT2D eigenvalue weighted by Gasteiger charge is 2.20. The van der Waals surface area contributed by atoms with Crippen LogP contribution in [0, 0.1) is 26.2 Å². The molecule has 1 heterocycles. The number of amides is 1. The van der Waals surface area contributed by atoms with E-state index in [2.05, 4.69) is 118 Å². The number of carbonyl (C=O) groups excluding carboxylic acids is 1. The lowest BCUT2D eigenvalue weighted by atomic mass is 9.82.